The molecule has 0 amide bonds. The van der Waals surface area contributed by atoms with Crippen LogP contribution < -0.4 is 4.74 Å². The van der Waals surface area contributed by atoms with E-state index in [9.17, 15) is 0 Å². The second kappa shape index (κ2) is 9.56. The summed E-state index contributed by atoms with van der Waals surface area (Å²) in [5, 5.41) is 0. The zero-order chi connectivity index (χ0) is 17.5. The summed E-state index contributed by atoms with van der Waals surface area (Å²) in [6, 6.07) is 8.54. The number of fused-ring (bicyclic) bond motifs is 1. The lowest BCUT2D eigenvalue weighted by Gasteiger charge is -2.34. The minimum absolute atomic E-state index is 0.704. The first-order valence-electron chi connectivity index (χ1n) is 9.85. The monoisotopic (exact) mass is 346 g/mol. The van der Waals surface area contributed by atoms with Gasteiger partial charge in [0.1, 0.15) is 5.75 Å². The van der Waals surface area contributed by atoms with Crippen molar-refractivity contribution >= 4 is 0 Å². The van der Waals surface area contributed by atoms with Gasteiger partial charge in [-0.25, -0.2) is 0 Å². The summed E-state index contributed by atoms with van der Waals surface area (Å²) >= 11 is 0. The van der Waals surface area contributed by atoms with E-state index in [0.717, 1.165) is 44.3 Å². The molecular weight excluding hydrogens is 312 g/mol. The smallest absolute Gasteiger partial charge is 0.122 e. The van der Waals surface area contributed by atoms with Crippen LogP contribution in [0.5, 0.6) is 5.75 Å². The highest BCUT2D eigenvalue weighted by molar-refractivity contribution is 5.34. The van der Waals surface area contributed by atoms with Crippen LogP contribution >= 0.6 is 0 Å². The van der Waals surface area contributed by atoms with Gasteiger partial charge in [0, 0.05) is 26.7 Å². The quantitative estimate of drug-likeness (QED) is 0.758. The Labute approximate surface area is 153 Å². The predicted molar refractivity (Wildman–Crippen MR) is 102 cm³/mol. The Morgan fingerprint density at radius 1 is 1.12 bits per heavy atom. The molecule has 25 heavy (non-hydrogen) atoms. The van der Waals surface area contributed by atoms with Crippen LogP contribution in [-0.2, 0) is 11.2 Å². The van der Waals surface area contributed by atoms with Gasteiger partial charge < -0.3 is 19.3 Å². The summed E-state index contributed by atoms with van der Waals surface area (Å²) in [4.78, 5) is 5.10. The van der Waals surface area contributed by atoms with Crippen LogP contribution in [0, 0.1) is 11.8 Å². The normalized spacial score (nSPS) is 22.4. The fraction of sp³-hybridized carbons (Fsp3) is 0.714. The van der Waals surface area contributed by atoms with Gasteiger partial charge in [-0.15, -0.1) is 0 Å². The zero-order valence-corrected chi connectivity index (χ0v) is 16.0. The number of hydrogen-bond donors (Lipinski definition) is 0. The van der Waals surface area contributed by atoms with Crippen molar-refractivity contribution < 1.29 is 9.47 Å². The largest absolute Gasteiger partial charge is 0.493 e. The van der Waals surface area contributed by atoms with Gasteiger partial charge in [-0.3, -0.25) is 0 Å². The molecule has 0 radical (unpaired) electrons. The highest BCUT2D eigenvalue weighted by Gasteiger charge is 2.23. The number of nitrogens with zero attached hydrogens (tertiary/aromatic N) is 2. The summed E-state index contributed by atoms with van der Waals surface area (Å²) in [6.07, 6.45) is 4.96. The minimum Gasteiger partial charge on any atom is -0.493 e. The maximum absolute atomic E-state index is 5.92. The molecule has 0 saturated carbocycles. The van der Waals surface area contributed by atoms with Crippen LogP contribution in [-0.4, -0.2) is 69.9 Å². The van der Waals surface area contributed by atoms with Gasteiger partial charge in [0.2, 0.25) is 0 Å². The van der Waals surface area contributed by atoms with Gasteiger partial charge in [-0.2, -0.15) is 0 Å². The molecule has 1 fully saturated rings. The molecule has 0 bridgehead atoms. The average Bonchev–Trinajstić information content (AvgIpc) is 2.82. The summed E-state index contributed by atoms with van der Waals surface area (Å²) < 4.78 is 11.1. The Kier molecular flexibility index (Phi) is 7.14. The van der Waals surface area contributed by atoms with E-state index in [-0.39, 0.29) is 0 Å². The number of benzene rings is 1. The van der Waals surface area contributed by atoms with Crippen LogP contribution in [0.3, 0.4) is 0 Å². The van der Waals surface area contributed by atoms with Crippen molar-refractivity contribution in [1.82, 2.24) is 9.80 Å². The average molecular weight is 347 g/mol. The predicted octanol–water partition coefficient (Wildman–Crippen LogP) is 2.92. The maximum Gasteiger partial charge on any atom is 0.122 e. The third kappa shape index (κ3) is 5.70. The number of piperidine rings is 1. The number of rotatable bonds is 7. The van der Waals surface area contributed by atoms with Gasteiger partial charge in [0.15, 0.2) is 0 Å². The lowest BCUT2D eigenvalue weighted by Crippen LogP contribution is -2.40. The Hall–Kier alpha value is -1.10. The van der Waals surface area contributed by atoms with E-state index >= 15 is 0 Å². The van der Waals surface area contributed by atoms with Crippen molar-refractivity contribution in [2.24, 2.45) is 11.8 Å². The van der Waals surface area contributed by atoms with Crippen molar-refractivity contribution in [3.63, 3.8) is 0 Å². The Morgan fingerprint density at radius 3 is 2.68 bits per heavy atom. The van der Waals surface area contributed by atoms with E-state index in [4.69, 9.17) is 9.47 Å². The van der Waals surface area contributed by atoms with Crippen LogP contribution in [0.15, 0.2) is 24.3 Å². The van der Waals surface area contributed by atoms with Gasteiger partial charge in [0.25, 0.3) is 0 Å². The van der Waals surface area contributed by atoms with Crippen molar-refractivity contribution in [2.75, 3.05) is 60.1 Å². The first-order valence-corrected chi connectivity index (χ1v) is 9.85. The van der Waals surface area contributed by atoms with Crippen molar-refractivity contribution in [2.45, 2.75) is 25.7 Å². The molecule has 140 valence electrons. The van der Waals surface area contributed by atoms with Gasteiger partial charge >= 0.3 is 0 Å². The molecule has 1 aromatic carbocycles. The molecule has 0 aromatic heterocycles. The molecule has 1 atom stereocenters. The van der Waals surface area contributed by atoms with E-state index in [1.165, 1.54) is 44.6 Å². The number of para-hydroxylation sites is 1. The first kappa shape index (κ1) is 18.7. The number of likely N-dealkylation sites (tertiary alicyclic amines) is 1. The SMILES string of the molecule is COCCN1CCC(CN(C)C[C@H]2CCOc3ccccc3C2)CC1. The molecule has 2 aliphatic heterocycles. The molecular formula is C21H34N2O2. The van der Waals surface area contributed by atoms with Crippen molar-refractivity contribution in [3.8, 4) is 5.75 Å². The number of methoxy groups -OCH3 is 1. The molecule has 0 aliphatic carbocycles. The van der Waals surface area contributed by atoms with E-state index in [1.807, 2.05) is 0 Å². The number of hydrogen-bond acceptors (Lipinski definition) is 4. The van der Waals surface area contributed by atoms with Gasteiger partial charge in [0.05, 0.1) is 13.2 Å². The molecule has 1 aromatic rings. The fourth-order valence-electron chi connectivity index (χ4n) is 4.29. The Balaban J connectivity index is 1.42. The molecule has 2 aliphatic rings. The standard InChI is InChI=1S/C21H34N2O2/c1-22(16-18-7-10-23(11-8-18)12-14-24-2)17-19-9-13-25-21-6-4-3-5-20(21)15-19/h3-6,18-19H,7-17H2,1-2H3/t19-/m0/s1. The maximum atomic E-state index is 5.92. The third-order valence-electron chi connectivity index (χ3n) is 5.72. The summed E-state index contributed by atoms with van der Waals surface area (Å²) in [5.74, 6) is 2.64. The highest BCUT2D eigenvalue weighted by atomic mass is 16.5. The molecule has 0 spiro atoms. The van der Waals surface area contributed by atoms with Gasteiger partial charge in [-0.1, -0.05) is 18.2 Å². The molecule has 1 saturated heterocycles. The fourth-order valence-corrected chi connectivity index (χ4v) is 4.29. The number of ether oxygens (including phenoxy) is 2. The highest BCUT2D eigenvalue weighted by Crippen LogP contribution is 2.27. The Morgan fingerprint density at radius 2 is 1.88 bits per heavy atom. The second-order valence-corrected chi connectivity index (χ2v) is 7.81. The molecule has 4 nitrogen and oxygen atoms in total. The zero-order valence-electron chi connectivity index (χ0n) is 16.0. The van der Waals surface area contributed by atoms with Crippen LogP contribution in [0.2, 0.25) is 0 Å². The summed E-state index contributed by atoms with van der Waals surface area (Å²) in [5.41, 5.74) is 1.38. The van der Waals surface area contributed by atoms with E-state index < -0.39 is 0 Å². The van der Waals surface area contributed by atoms with Crippen molar-refractivity contribution in [3.05, 3.63) is 29.8 Å². The lowest BCUT2D eigenvalue weighted by molar-refractivity contribution is 0.107. The summed E-state index contributed by atoms with van der Waals surface area (Å²) in [7, 11) is 4.09. The van der Waals surface area contributed by atoms with E-state index in [2.05, 4.69) is 41.1 Å². The van der Waals surface area contributed by atoms with Crippen LogP contribution in [0.25, 0.3) is 0 Å². The molecule has 3 rings (SSSR count). The second-order valence-electron chi connectivity index (χ2n) is 7.81. The molecule has 0 unspecified atom stereocenters. The van der Waals surface area contributed by atoms with E-state index in [0.29, 0.717) is 5.92 Å². The van der Waals surface area contributed by atoms with Gasteiger partial charge in [-0.05, 0) is 69.3 Å². The van der Waals surface area contributed by atoms with Crippen LogP contribution in [0.1, 0.15) is 24.8 Å². The lowest BCUT2D eigenvalue weighted by atomic mass is 9.94. The Bertz CT molecular complexity index is 514. The molecule has 0 N–H and O–H groups in total. The third-order valence-corrected chi connectivity index (χ3v) is 5.72. The van der Waals surface area contributed by atoms with E-state index in [1.54, 1.807) is 7.11 Å². The first-order chi connectivity index (χ1) is 12.2. The molecule has 2 heterocycles. The van der Waals surface area contributed by atoms with Crippen molar-refractivity contribution in [1.29, 1.82) is 0 Å². The molecule has 4 heteroatoms. The van der Waals surface area contributed by atoms with Crippen LogP contribution in [0.4, 0.5) is 0 Å². The minimum atomic E-state index is 0.704. The topological polar surface area (TPSA) is 24.9 Å². The summed E-state index contributed by atoms with van der Waals surface area (Å²) in [6.45, 7) is 7.67.